The summed E-state index contributed by atoms with van der Waals surface area (Å²) in [7, 11) is 0. The third kappa shape index (κ3) is 3.46. The molecule has 0 aromatic heterocycles. The lowest BCUT2D eigenvalue weighted by molar-refractivity contribution is 0.334. The monoisotopic (exact) mass is 150 g/mol. The first-order chi connectivity index (χ1) is 5.43. The van der Waals surface area contributed by atoms with Gasteiger partial charge in [0.05, 0.1) is 0 Å². The maximum Gasteiger partial charge on any atom is 0.00861 e. The van der Waals surface area contributed by atoms with E-state index in [4.69, 9.17) is 6.42 Å². The molecule has 0 spiro atoms. The van der Waals surface area contributed by atoms with Crippen LogP contribution in [0.4, 0.5) is 0 Å². The molecule has 1 saturated carbocycles. The van der Waals surface area contributed by atoms with Gasteiger partial charge < -0.3 is 0 Å². The summed E-state index contributed by atoms with van der Waals surface area (Å²) < 4.78 is 0. The van der Waals surface area contributed by atoms with Crippen LogP contribution in [0.15, 0.2) is 0 Å². The van der Waals surface area contributed by atoms with E-state index in [9.17, 15) is 0 Å². The molecule has 62 valence electrons. The fraction of sp³-hybridized carbons (Fsp3) is 0.818. The molecular formula is C11H18. The summed E-state index contributed by atoms with van der Waals surface area (Å²) in [5.74, 6) is 3.72. The summed E-state index contributed by atoms with van der Waals surface area (Å²) in [5, 5.41) is 0. The third-order valence-electron chi connectivity index (χ3n) is 2.66. The number of hydrogen-bond donors (Lipinski definition) is 0. The maximum absolute atomic E-state index is 5.19. The number of hydrogen-bond acceptors (Lipinski definition) is 0. The molecule has 0 unspecified atom stereocenters. The predicted molar refractivity (Wildman–Crippen MR) is 49.3 cm³/mol. The first-order valence-electron chi connectivity index (χ1n) is 4.87. The molecular weight excluding hydrogens is 132 g/mol. The van der Waals surface area contributed by atoms with E-state index >= 15 is 0 Å². The van der Waals surface area contributed by atoms with Crippen molar-refractivity contribution < 1.29 is 0 Å². The van der Waals surface area contributed by atoms with Crippen molar-refractivity contribution in [1.29, 1.82) is 0 Å². The summed E-state index contributed by atoms with van der Waals surface area (Å²) in [6, 6.07) is 0. The van der Waals surface area contributed by atoms with Crippen LogP contribution in [0.5, 0.6) is 0 Å². The zero-order valence-electron chi connectivity index (χ0n) is 7.31. The molecule has 0 aliphatic heterocycles. The van der Waals surface area contributed by atoms with E-state index in [0.29, 0.717) is 0 Å². The van der Waals surface area contributed by atoms with Crippen molar-refractivity contribution in [3.8, 4) is 12.3 Å². The Bertz CT molecular complexity index is 123. The van der Waals surface area contributed by atoms with Gasteiger partial charge in [-0.3, -0.25) is 0 Å². The summed E-state index contributed by atoms with van der Waals surface area (Å²) in [5.41, 5.74) is 0. The highest BCUT2D eigenvalue weighted by atomic mass is 14.2. The van der Waals surface area contributed by atoms with E-state index in [-0.39, 0.29) is 0 Å². The maximum atomic E-state index is 5.19. The molecule has 0 saturated heterocycles. The lowest BCUT2D eigenvalue weighted by atomic mass is 9.86. The van der Waals surface area contributed by atoms with Crippen molar-refractivity contribution in [1.82, 2.24) is 0 Å². The quantitative estimate of drug-likeness (QED) is 0.427. The Hall–Kier alpha value is -0.440. The normalized spacial score (nSPS) is 19.5. The molecule has 0 nitrogen and oxygen atoms in total. The van der Waals surface area contributed by atoms with Crippen LogP contribution in [0, 0.1) is 18.3 Å². The molecule has 1 rings (SSSR count). The Labute approximate surface area is 70.4 Å². The smallest absolute Gasteiger partial charge is 0.00861 e. The van der Waals surface area contributed by atoms with Crippen LogP contribution < -0.4 is 0 Å². The van der Waals surface area contributed by atoms with Crippen molar-refractivity contribution in [2.75, 3.05) is 0 Å². The SMILES string of the molecule is C#CCCCC1CCCCC1. The molecule has 0 heteroatoms. The van der Waals surface area contributed by atoms with E-state index in [0.717, 1.165) is 12.3 Å². The Morgan fingerprint density at radius 2 is 1.91 bits per heavy atom. The summed E-state index contributed by atoms with van der Waals surface area (Å²) in [6.07, 6.45) is 16.1. The van der Waals surface area contributed by atoms with Crippen molar-refractivity contribution >= 4 is 0 Å². The van der Waals surface area contributed by atoms with Gasteiger partial charge in [0.2, 0.25) is 0 Å². The van der Waals surface area contributed by atoms with Gasteiger partial charge in [-0.1, -0.05) is 32.1 Å². The molecule has 1 aliphatic carbocycles. The average molecular weight is 150 g/mol. The first kappa shape index (κ1) is 8.65. The molecule has 1 aliphatic rings. The van der Waals surface area contributed by atoms with E-state index in [2.05, 4.69) is 5.92 Å². The molecule has 0 heterocycles. The minimum atomic E-state index is 0.983. The predicted octanol–water partition coefficient (Wildman–Crippen LogP) is 3.37. The second-order valence-electron chi connectivity index (χ2n) is 3.60. The van der Waals surface area contributed by atoms with Crippen molar-refractivity contribution in [2.24, 2.45) is 5.92 Å². The van der Waals surface area contributed by atoms with Gasteiger partial charge in [0.15, 0.2) is 0 Å². The zero-order valence-corrected chi connectivity index (χ0v) is 7.31. The Morgan fingerprint density at radius 1 is 1.18 bits per heavy atom. The number of terminal acetylenes is 1. The van der Waals surface area contributed by atoms with Gasteiger partial charge in [0.25, 0.3) is 0 Å². The van der Waals surface area contributed by atoms with Crippen molar-refractivity contribution in [3.63, 3.8) is 0 Å². The first-order valence-corrected chi connectivity index (χ1v) is 4.87. The summed E-state index contributed by atoms with van der Waals surface area (Å²) >= 11 is 0. The van der Waals surface area contributed by atoms with Crippen LogP contribution >= 0.6 is 0 Å². The second-order valence-corrected chi connectivity index (χ2v) is 3.60. The van der Waals surface area contributed by atoms with E-state index in [1.54, 1.807) is 0 Å². The van der Waals surface area contributed by atoms with Gasteiger partial charge in [0, 0.05) is 6.42 Å². The van der Waals surface area contributed by atoms with E-state index < -0.39 is 0 Å². The standard InChI is InChI=1S/C11H18/c1-2-3-5-8-11-9-6-4-7-10-11/h1,11H,3-10H2. The number of unbranched alkanes of at least 4 members (excludes halogenated alkanes) is 1. The lowest BCUT2D eigenvalue weighted by Gasteiger charge is -2.20. The van der Waals surface area contributed by atoms with E-state index in [1.807, 2.05) is 0 Å². The minimum Gasteiger partial charge on any atom is -0.120 e. The van der Waals surface area contributed by atoms with Gasteiger partial charge >= 0.3 is 0 Å². The van der Waals surface area contributed by atoms with Gasteiger partial charge in [-0.05, 0) is 18.8 Å². The van der Waals surface area contributed by atoms with Crippen LogP contribution in [0.3, 0.4) is 0 Å². The molecule has 0 N–H and O–H groups in total. The molecule has 0 radical (unpaired) electrons. The average Bonchev–Trinajstić information content (AvgIpc) is 2.07. The molecule has 11 heavy (non-hydrogen) atoms. The van der Waals surface area contributed by atoms with Crippen LogP contribution in [-0.2, 0) is 0 Å². The molecule has 0 aromatic carbocycles. The Kier molecular flexibility index (Phi) is 4.12. The van der Waals surface area contributed by atoms with Crippen LogP contribution in [-0.4, -0.2) is 0 Å². The van der Waals surface area contributed by atoms with Crippen molar-refractivity contribution in [2.45, 2.75) is 51.4 Å². The van der Waals surface area contributed by atoms with Crippen molar-refractivity contribution in [3.05, 3.63) is 0 Å². The van der Waals surface area contributed by atoms with Crippen LogP contribution in [0.1, 0.15) is 51.4 Å². The Morgan fingerprint density at radius 3 is 2.55 bits per heavy atom. The van der Waals surface area contributed by atoms with Gasteiger partial charge in [0.1, 0.15) is 0 Å². The van der Waals surface area contributed by atoms with Gasteiger partial charge in [-0.25, -0.2) is 0 Å². The molecule has 0 bridgehead atoms. The fourth-order valence-electron chi connectivity index (χ4n) is 1.97. The molecule has 1 fully saturated rings. The van der Waals surface area contributed by atoms with Crippen LogP contribution in [0.25, 0.3) is 0 Å². The third-order valence-corrected chi connectivity index (χ3v) is 2.66. The second kappa shape index (κ2) is 5.24. The lowest BCUT2D eigenvalue weighted by Crippen LogP contribution is -2.05. The summed E-state index contributed by atoms with van der Waals surface area (Å²) in [6.45, 7) is 0. The highest BCUT2D eigenvalue weighted by Crippen LogP contribution is 2.27. The zero-order chi connectivity index (χ0) is 7.94. The summed E-state index contributed by atoms with van der Waals surface area (Å²) in [4.78, 5) is 0. The molecule has 0 atom stereocenters. The highest BCUT2D eigenvalue weighted by molar-refractivity contribution is 4.83. The minimum absolute atomic E-state index is 0.983. The Balaban J connectivity index is 2.01. The largest absolute Gasteiger partial charge is 0.120 e. The molecule has 0 aromatic rings. The highest BCUT2D eigenvalue weighted by Gasteiger charge is 2.11. The fourth-order valence-corrected chi connectivity index (χ4v) is 1.97. The number of rotatable bonds is 3. The van der Waals surface area contributed by atoms with Crippen LogP contribution in [0.2, 0.25) is 0 Å². The topological polar surface area (TPSA) is 0 Å². The van der Waals surface area contributed by atoms with Gasteiger partial charge in [-0.15, -0.1) is 12.3 Å². The van der Waals surface area contributed by atoms with E-state index in [1.165, 1.54) is 44.9 Å². The molecule has 0 amide bonds. The van der Waals surface area contributed by atoms with Gasteiger partial charge in [-0.2, -0.15) is 0 Å².